The molecule has 1 atom stereocenters. The van der Waals surface area contributed by atoms with Gasteiger partial charge in [-0.15, -0.1) is 0 Å². The first-order valence-corrected chi connectivity index (χ1v) is 10.4. The molecule has 2 rings (SSSR count). The fourth-order valence-electron chi connectivity index (χ4n) is 3.98. The van der Waals surface area contributed by atoms with Crippen LogP contribution in [-0.4, -0.2) is 58.2 Å². The van der Waals surface area contributed by atoms with Crippen molar-refractivity contribution in [3.8, 4) is 11.5 Å². The highest BCUT2D eigenvalue weighted by Crippen LogP contribution is 2.39. The third kappa shape index (κ3) is 5.55. The molecule has 1 unspecified atom stereocenters. The summed E-state index contributed by atoms with van der Waals surface area (Å²) < 4.78 is 10.9. The van der Waals surface area contributed by atoms with Crippen molar-refractivity contribution in [2.45, 2.75) is 45.6 Å². The van der Waals surface area contributed by atoms with E-state index in [0.717, 1.165) is 49.3 Å². The summed E-state index contributed by atoms with van der Waals surface area (Å²) in [6, 6.07) is 5.70. The molecular weight excluding hydrogens is 368 g/mol. The summed E-state index contributed by atoms with van der Waals surface area (Å²) >= 11 is 0. The molecule has 1 aromatic rings. The zero-order valence-electron chi connectivity index (χ0n) is 18.7. The maximum atomic E-state index is 12.8. The molecule has 0 aliphatic heterocycles. The van der Waals surface area contributed by atoms with Crippen molar-refractivity contribution >= 4 is 11.9 Å². The number of hydrogen-bond acceptors (Lipinski definition) is 4. The van der Waals surface area contributed by atoms with Crippen molar-refractivity contribution in [1.82, 2.24) is 15.5 Å². The maximum absolute atomic E-state index is 12.8. The quantitative estimate of drug-likeness (QED) is 0.515. The van der Waals surface area contributed by atoms with E-state index < -0.39 is 0 Å². The van der Waals surface area contributed by atoms with Crippen molar-refractivity contribution in [2.24, 2.45) is 10.4 Å². The molecule has 7 nitrogen and oxygen atoms in total. The molecule has 1 fully saturated rings. The highest BCUT2D eigenvalue weighted by atomic mass is 16.5. The van der Waals surface area contributed by atoms with Crippen molar-refractivity contribution in [1.29, 1.82) is 0 Å². The summed E-state index contributed by atoms with van der Waals surface area (Å²) in [6.07, 6.45) is 3.95. The zero-order valence-corrected chi connectivity index (χ0v) is 18.7. The molecule has 1 aliphatic carbocycles. The van der Waals surface area contributed by atoms with Gasteiger partial charge in [0.05, 0.1) is 32.2 Å². The van der Waals surface area contributed by atoms with E-state index in [0.29, 0.717) is 12.5 Å². The Hall–Kier alpha value is -2.44. The molecule has 0 heterocycles. The molecule has 1 amide bonds. The number of amides is 1. The number of hydrogen-bond donors (Lipinski definition) is 2. The second kappa shape index (κ2) is 10.4. The standard InChI is InChI=1S/C22H36N4O3/c1-7-23-21(24-15-22(12-8-9-13-22)20(27)26(3)4)25-16(2)18-14-17(28-5)10-11-19(18)29-6/h10-11,14,16H,7-9,12-13,15H2,1-6H3,(H2,23,24,25). The second-order valence-electron chi connectivity index (χ2n) is 7.86. The average Bonchev–Trinajstić information content (AvgIpc) is 3.21. The van der Waals surface area contributed by atoms with Gasteiger partial charge in [0.25, 0.3) is 0 Å². The lowest BCUT2D eigenvalue weighted by atomic mass is 9.85. The summed E-state index contributed by atoms with van der Waals surface area (Å²) in [6.45, 7) is 5.31. The van der Waals surface area contributed by atoms with Crippen LogP contribution in [0.2, 0.25) is 0 Å². The highest BCUT2D eigenvalue weighted by Gasteiger charge is 2.42. The first-order chi connectivity index (χ1) is 13.9. The van der Waals surface area contributed by atoms with Crippen LogP contribution in [0, 0.1) is 5.41 Å². The van der Waals surface area contributed by atoms with E-state index in [9.17, 15) is 4.79 Å². The normalized spacial score (nSPS) is 16.8. The molecule has 0 radical (unpaired) electrons. The first kappa shape index (κ1) is 22.8. The summed E-state index contributed by atoms with van der Waals surface area (Å²) in [5.41, 5.74) is 0.598. The topological polar surface area (TPSA) is 75.2 Å². The number of benzene rings is 1. The molecule has 0 aromatic heterocycles. The predicted octanol–water partition coefficient (Wildman–Crippen LogP) is 2.97. The van der Waals surface area contributed by atoms with Gasteiger partial charge in [-0.1, -0.05) is 12.8 Å². The molecule has 1 aliphatic rings. The molecule has 1 saturated carbocycles. The lowest BCUT2D eigenvalue weighted by Crippen LogP contribution is -2.43. The van der Waals surface area contributed by atoms with Gasteiger partial charge >= 0.3 is 0 Å². The van der Waals surface area contributed by atoms with Gasteiger partial charge in [-0.2, -0.15) is 0 Å². The summed E-state index contributed by atoms with van der Waals surface area (Å²) in [5.74, 6) is 2.44. The van der Waals surface area contributed by atoms with Crippen molar-refractivity contribution in [3.63, 3.8) is 0 Å². The van der Waals surface area contributed by atoms with Gasteiger partial charge in [0.2, 0.25) is 5.91 Å². The van der Waals surface area contributed by atoms with Gasteiger partial charge in [0.15, 0.2) is 5.96 Å². The number of nitrogens with zero attached hydrogens (tertiary/aromatic N) is 2. The molecule has 162 valence electrons. The predicted molar refractivity (Wildman–Crippen MR) is 117 cm³/mol. The van der Waals surface area contributed by atoms with E-state index in [4.69, 9.17) is 14.5 Å². The van der Waals surface area contributed by atoms with Crippen molar-refractivity contribution in [2.75, 3.05) is 41.4 Å². The monoisotopic (exact) mass is 404 g/mol. The minimum absolute atomic E-state index is 0.0538. The molecule has 0 bridgehead atoms. The number of nitrogens with one attached hydrogen (secondary N) is 2. The maximum Gasteiger partial charge on any atom is 0.230 e. The largest absolute Gasteiger partial charge is 0.497 e. The van der Waals surface area contributed by atoms with E-state index in [2.05, 4.69) is 17.6 Å². The van der Waals surface area contributed by atoms with Crippen LogP contribution < -0.4 is 20.1 Å². The van der Waals surface area contributed by atoms with Gasteiger partial charge < -0.3 is 25.0 Å². The SMILES string of the molecule is CCNC(=NCC1(C(=O)N(C)C)CCCC1)NC(C)c1cc(OC)ccc1OC. The van der Waals surface area contributed by atoms with E-state index in [1.807, 2.05) is 39.2 Å². The van der Waals surface area contributed by atoms with Crippen LogP contribution in [0.15, 0.2) is 23.2 Å². The number of carbonyl (C=O) groups excluding carboxylic acids is 1. The molecule has 29 heavy (non-hydrogen) atoms. The fourth-order valence-corrected chi connectivity index (χ4v) is 3.98. The van der Waals surface area contributed by atoms with E-state index in [1.54, 1.807) is 19.1 Å². The van der Waals surface area contributed by atoms with E-state index in [-0.39, 0.29) is 17.4 Å². The Morgan fingerprint density at radius 2 is 1.93 bits per heavy atom. The molecular formula is C22H36N4O3. The molecule has 0 spiro atoms. The molecule has 0 saturated heterocycles. The Morgan fingerprint density at radius 3 is 2.48 bits per heavy atom. The van der Waals surface area contributed by atoms with Gasteiger partial charge in [-0.25, -0.2) is 0 Å². The van der Waals surface area contributed by atoms with Crippen molar-refractivity contribution in [3.05, 3.63) is 23.8 Å². The molecule has 7 heteroatoms. The zero-order chi connectivity index (χ0) is 21.4. The number of guanidine groups is 1. The Labute approximate surface area is 174 Å². The second-order valence-corrected chi connectivity index (χ2v) is 7.86. The lowest BCUT2D eigenvalue weighted by molar-refractivity contribution is -0.138. The summed E-state index contributed by atoms with van der Waals surface area (Å²) in [4.78, 5) is 19.3. The van der Waals surface area contributed by atoms with Crippen LogP contribution in [0.5, 0.6) is 11.5 Å². The molecule has 1 aromatic carbocycles. The third-order valence-corrected chi connectivity index (χ3v) is 5.56. The van der Waals surface area contributed by atoms with Gasteiger partial charge in [-0.3, -0.25) is 9.79 Å². The van der Waals surface area contributed by atoms with E-state index >= 15 is 0 Å². The Bertz CT molecular complexity index is 712. The van der Waals surface area contributed by atoms with Gasteiger partial charge in [0, 0.05) is 26.2 Å². The number of rotatable bonds is 8. The lowest BCUT2D eigenvalue weighted by Gasteiger charge is -2.29. The minimum atomic E-state index is -0.386. The van der Waals surface area contributed by atoms with Gasteiger partial charge in [-0.05, 0) is 44.9 Å². The van der Waals surface area contributed by atoms with Crippen LogP contribution in [0.1, 0.15) is 51.1 Å². The number of methoxy groups -OCH3 is 2. The van der Waals surface area contributed by atoms with Crippen LogP contribution in [-0.2, 0) is 4.79 Å². The Balaban J connectivity index is 2.22. The fraction of sp³-hybridized carbons (Fsp3) is 0.636. The number of aliphatic imine (C=N–C) groups is 1. The Morgan fingerprint density at radius 1 is 1.24 bits per heavy atom. The van der Waals surface area contributed by atoms with Crippen LogP contribution in [0.4, 0.5) is 0 Å². The van der Waals surface area contributed by atoms with E-state index in [1.165, 1.54) is 0 Å². The highest BCUT2D eigenvalue weighted by molar-refractivity contribution is 5.84. The van der Waals surface area contributed by atoms with Gasteiger partial charge in [0.1, 0.15) is 11.5 Å². The summed E-state index contributed by atoms with van der Waals surface area (Å²) in [5, 5.41) is 6.75. The van der Waals surface area contributed by atoms with Crippen LogP contribution >= 0.6 is 0 Å². The van der Waals surface area contributed by atoms with Crippen molar-refractivity contribution < 1.29 is 14.3 Å². The number of ether oxygens (including phenoxy) is 2. The smallest absolute Gasteiger partial charge is 0.230 e. The minimum Gasteiger partial charge on any atom is -0.497 e. The molecule has 2 N–H and O–H groups in total. The number of carbonyl (C=O) groups is 1. The summed E-state index contributed by atoms with van der Waals surface area (Å²) in [7, 11) is 6.96. The Kier molecular flexibility index (Phi) is 8.17. The van der Waals surface area contributed by atoms with Crippen LogP contribution in [0.3, 0.4) is 0 Å². The van der Waals surface area contributed by atoms with Crippen LogP contribution in [0.25, 0.3) is 0 Å². The first-order valence-electron chi connectivity index (χ1n) is 10.4. The third-order valence-electron chi connectivity index (χ3n) is 5.56. The average molecular weight is 405 g/mol.